The van der Waals surface area contributed by atoms with Crippen molar-refractivity contribution in [2.24, 2.45) is 5.73 Å². The summed E-state index contributed by atoms with van der Waals surface area (Å²) in [7, 11) is 0. The molecule has 0 fully saturated rings. The number of benzene rings is 1. The van der Waals surface area contributed by atoms with Gasteiger partial charge in [0, 0.05) is 10.4 Å². The van der Waals surface area contributed by atoms with E-state index in [1.807, 2.05) is 11.3 Å². The van der Waals surface area contributed by atoms with Crippen LogP contribution in [0.3, 0.4) is 0 Å². The van der Waals surface area contributed by atoms with Gasteiger partial charge in [0.15, 0.2) is 0 Å². The zero-order chi connectivity index (χ0) is 14.8. The van der Waals surface area contributed by atoms with Gasteiger partial charge in [0.1, 0.15) is 0 Å². The first-order valence-corrected chi connectivity index (χ1v) is 8.80. The van der Waals surface area contributed by atoms with Gasteiger partial charge in [0.2, 0.25) is 0 Å². The van der Waals surface area contributed by atoms with Crippen molar-refractivity contribution in [2.75, 3.05) is 6.54 Å². The van der Waals surface area contributed by atoms with Gasteiger partial charge in [-0.25, -0.2) is 4.98 Å². The average Bonchev–Trinajstić information content (AvgIpc) is 2.89. The fourth-order valence-electron chi connectivity index (χ4n) is 3.25. The van der Waals surface area contributed by atoms with Crippen LogP contribution in [0.4, 0.5) is 0 Å². The van der Waals surface area contributed by atoms with E-state index >= 15 is 0 Å². The summed E-state index contributed by atoms with van der Waals surface area (Å²) < 4.78 is 0. The lowest BCUT2D eigenvalue weighted by atomic mass is 9.89. The van der Waals surface area contributed by atoms with Gasteiger partial charge in [-0.1, -0.05) is 19.1 Å². The molecule has 1 aliphatic carbocycles. The van der Waals surface area contributed by atoms with Crippen molar-refractivity contribution < 1.29 is 0 Å². The Morgan fingerprint density at radius 2 is 2.00 bits per heavy atom. The largest absolute Gasteiger partial charge is 0.330 e. The van der Waals surface area contributed by atoms with Gasteiger partial charge in [0.05, 0.1) is 10.7 Å². The van der Waals surface area contributed by atoms with Crippen LogP contribution in [-0.4, -0.2) is 11.5 Å². The summed E-state index contributed by atoms with van der Waals surface area (Å²) in [5, 5.41) is 1.15. The summed E-state index contributed by atoms with van der Waals surface area (Å²) in [4.78, 5) is 6.21. The molecule has 0 amide bonds. The van der Waals surface area contributed by atoms with Gasteiger partial charge in [0.25, 0.3) is 0 Å². The Balaban J connectivity index is 2.00. The van der Waals surface area contributed by atoms with E-state index in [2.05, 4.69) is 32.0 Å². The summed E-state index contributed by atoms with van der Waals surface area (Å²) in [5.74, 6) is 0.493. The van der Waals surface area contributed by atoms with E-state index in [0.29, 0.717) is 5.92 Å². The topological polar surface area (TPSA) is 38.9 Å². The molecule has 0 aliphatic heterocycles. The molecule has 1 atom stereocenters. The number of nitrogens with two attached hydrogens (primary N) is 1. The standard InChI is InChI=1S/C18H24N2S/c1-12(9-10-19)18-17(20-13(2)21-18)16-8-7-14-5-3-4-6-15(14)11-16/h7-8,11-12H,3-6,9-10,19H2,1-2H3. The summed E-state index contributed by atoms with van der Waals surface area (Å²) >= 11 is 1.83. The van der Waals surface area contributed by atoms with E-state index in [4.69, 9.17) is 10.7 Å². The third-order valence-electron chi connectivity index (χ3n) is 4.43. The minimum absolute atomic E-state index is 0.493. The van der Waals surface area contributed by atoms with Crippen LogP contribution in [0.2, 0.25) is 0 Å². The van der Waals surface area contributed by atoms with Crippen molar-refractivity contribution >= 4 is 11.3 Å². The maximum absolute atomic E-state index is 5.74. The molecule has 21 heavy (non-hydrogen) atoms. The van der Waals surface area contributed by atoms with Crippen LogP contribution >= 0.6 is 11.3 Å². The third-order valence-corrected chi connectivity index (χ3v) is 5.63. The monoisotopic (exact) mass is 300 g/mol. The molecule has 112 valence electrons. The highest BCUT2D eigenvalue weighted by Gasteiger charge is 2.18. The lowest BCUT2D eigenvalue weighted by Crippen LogP contribution is -2.05. The molecule has 0 spiro atoms. The number of rotatable bonds is 4. The number of aromatic nitrogens is 1. The molecule has 0 saturated heterocycles. The zero-order valence-corrected chi connectivity index (χ0v) is 13.8. The smallest absolute Gasteiger partial charge is 0.0904 e. The van der Waals surface area contributed by atoms with E-state index in [0.717, 1.165) is 18.0 Å². The van der Waals surface area contributed by atoms with E-state index in [1.165, 1.54) is 52.9 Å². The molecule has 1 aromatic heterocycles. The Hall–Kier alpha value is -1.19. The SMILES string of the molecule is Cc1nc(-c2ccc3c(c2)CCCC3)c(C(C)CCN)s1. The number of fused-ring (bicyclic) bond motifs is 1. The molecule has 2 N–H and O–H groups in total. The van der Waals surface area contributed by atoms with Gasteiger partial charge < -0.3 is 5.73 Å². The highest BCUT2D eigenvalue weighted by molar-refractivity contribution is 7.12. The molecule has 0 saturated carbocycles. The highest BCUT2D eigenvalue weighted by atomic mass is 32.1. The quantitative estimate of drug-likeness (QED) is 0.906. The van der Waals surface area contributed by atoms with Crippen molar-refractivity contribution in [2.45, 2.75) is 51.9 Å². The first-order valence-electron chi connectivity index (χ1n) is 7.98. The normalized spacial score (nSPS) is 15.8. The van der Waals surface area contributed by atoms with Crippen LogP contribution in [0.15, 0.2) is 18.2 Å². The number of nitrogens with zero attached hydrogens (tertiary/aromatic N) is 1. The van der Waals surface area contributed by atoms with Crippen molar-refractivity contribution in [3.8, 4) is 11.3 Å². The second-order valence-corrected chi connectivity index (χ2v) is 7.35. The maximum Gasteiger partial charge on any atom is 0.0904 e. The van der Waals surface area contributed by atoms with E-state index in [1.54, 1.807) is 0 Å². The molecular formula is C18H24N2S. The molecule has 3 rings (SSSR count). The second kappa shape index (κ2) is 6.29. The van der Waals surface area contributed by atoms with Gasteiger partial charge in [-0.2, -0.15) is 0 Å². The molecular weight excluding hydrogens is 276 g/mol. The van der Waals surface area contributed by atoms with Crippen LogP contribution < -0.4 is 5.73 Å². The van der Waals surface area contributed by atoms with Crippen LogP contribution in [0.25, 0.3) is 11.3 Å². The van der Waals surface area contributed by atoms with Crippen molar-refractivity contribution in [3.05, 3.63) is 39.2 Å². The fraction of sp³-hybridized carbons (Fsp3) is 0.500. The van der Waals surface area contributed by atoms with Crippen LogP contribution in [0.1, 0.15) is 53.1 Å². The fourth-order valence-corrected chi connectivity index (χ4v) is 4.28. The van der Waals surface area contributed by atoms with Crippen molar-refractivity contribution in [1.29, 1.82) is 0 Å². The summed E-state index contributed by atoms with van der Waals surface area (Å²) in [5.41, 5.74) is 11.3. The summed E-state index contributed by atoms with van der Waals surface area (Å²) in [6.07, 6.45) is 6.14. The van der Waals surface area contributed by atoms with Crippen LogP contribution in [0, 0.1) is 6.92 Å². The molecule has 3 heteroatoms. The lowest BCUT2D eigenvalue weighted by molar-refractivity contribution is 0.685. The van der Waals surface area contributed by atoms with Gasteiger partial charge in [-0.05, 0) is 68.7 Å². The summed E-state index contributed by atoms with van der Waals surface area (Å²) in [6.45, 7) is 5.11. The van der Waals surface area contributed by atoms with Crippen LogP contribution in [0.5, 0.6) is 0 Å². The molecule has 2 nitrogen and oxygen atoms in total. The van der Waals surface area contributed by atoms with Crippen molar-refractivity contribution in [3.63, 3.8) is 0 Å². The molecule has 2 aromatic rings. The Bertz CT molecular complexity index is 630. The predicted molar refractivity (Wildman–Crippen MR) is 91.0 cm³/mol. The van der Waals surface area contributed by atoms with Gasteiger partial charge in [-0.15, -0.1) is 11.3 Å². The summed E-state index contributed by atoms with van der Waals surface area (Å²) in [6, 6.07) is 6.95. The first-order chi connectivity index (χ1) is 10.2. The average molecular weight is 300 g/mol. The molecule has 1 heterocycles. The minimum Gasteiger partial charge on any atom is -0.330 e. The second-order valence-electron chi connectivity index (χ2n) is 6.11. The molecule has 0 bridgehead atoms. The van der Waals surface area contributed by atoms with Gasteiger partial charge >= 0.3 is 0 Å². The Kier molecular flexibility index (Phi) is 4.41. The Morgan fingerprint density at radius 1 is 1.24 bits per heavy atom. The van der Waals surface area contributed by atoms with E-state index < -0.39 is 0 Å². The van der Waals surface area contributed by atoms with Crippen LogP contribution in [-0.2, 0) is 12.8 Å². The number of hydrogen-bond acceptors (Lipinski definition) is 3. The van der Waals surface area contributed by atoms with E-state index in [-0.39, 0.29) is 0 Å². The Morgan fingerprint density at radius 3 is 2.76 bits per heavy atom. The third kappa shape index (κ3) is 3.04. The zero-order valence-electron chi connectivity index (χ0n) is 13.0. The first kappa shape index (κ1) is 14.7. The highest BCUT2D eigenvalue weighted by Crippen LogP contribution is 2.36. The van der Waals surface area contributed by atoms with Gasteiger partial charge in [-0.3, -0.25) is 0 Å². The van der Waals surface area contributed by atoms with E-state index in [9.17, 15) is 0 Å². The number of thiazole rings is 1. The maximum atomic E-state index is 5.74. The Labute approximate surface area is 131 Å². The number of hydrogen-bond donors (Lipinski definition) is 1. The minimum atomic E-state index is 0.493. The van der Waals surface area contributed by atoms with Crippen molar-refractivity contribution in [1.82, 2.24) is 4.98 Å². The molecule has 1 aliphatic rings. The lowest BCUT2D eigenvalue weighted by Gasteiger charge is -2.17. The molecule has 0 radical (unpaired) electrons. The molecule has 1 unspecified atom stereocenters. The number of aryl methyl sites for hydroxylation is 3. The molecule has 1 aromatic carbocycles. The predicted octanol–water partition coefficient (Wildman–Crippen LogP) is 4.45.